The maximum atomic E-state index is 13.2. The molecule has 0 radical (unpaired) electrons. The number of alkyl halides is 3. The SMILES string of the molecule is COc1cc(NC(=O)Cc2ccccc2C(F)(F)F)ccc1C=NNC(=O)c1ccc(O)c(C#N)c1. The summed E-state index contributed by atoms with van der Waals surface area (Å²) in [5.74, 6) is -1.24. The number of halogens is 3. The van der Waals surface area contributed by atoms with Crippen molar-refractivity contribution in [3.05, 3.63) is 88.5 Å². The van der Waals surface area contributed by atoms with Crippen LogP contribution in [0.4, 0.5) is 18.9 Å². The molecule has 3 rings (SSSR count). The highest BCUT2D eigenvalue weighted by molar-refractivity contribution is 5.96. The number of methoxy groups -OCH3 is 1. The maximum Gasteiger partial charge on any atom is 0.416 e. The second kappa shape index (κ2) is 11.1. The first kappa shape index (κ1) is 25.8. The standard InChI is InChI=1S/C25H19F3N4O4/c1-36-22-12-19(31-23(34)11-15-4-2-3-5-20(15)25(26,27)28)8-6-17(22)14-30-32-24(35)16-7-9-21(33)18(10-16)13-29/h2-10,12,14,33H,11H2,1H3,(H,31,34)(H,32,35). The number of ether oxygens (including phenoxy) is 1. The molecule has 0 saturated heterocycles. The number of benzene rings is 3. The summed E-state index contributed by atoms with van der Waals surface area (Å²) < 4.78 is 44.7. The minimum atomic E-state index is -4.57. The quantitative estimate of drug-likeness (QED) is 0.334. The maximum absolute atomic E-state index is 13.2. The molecule has 36 heavy (non-hydrogen) atoms. The fourth-order valence-corrected chi connectivity index (χ4v) is 3.22. The third-order valence-corrected chi connectivity index (χ3v) is 4.94. The van der Waals surface area contributed by atoms with Gasteiger partial charge in [0.05, 0.1) is 30.9 Å². The number of carbonyl (C=O) groups is 2. The zero-order valence-corrected chi connectivity index (χ0v) is 18.8. The summed E-state index contributed by atoms with van der Waals surface area (Å²) >= 11 is 0. The molecule has 0 heterocycles. The molecule has 0 aromatic heterocycles. The van der Waals surface area contributed by atoms with Gasteiger partial charge in [-0.05, 0) is 42.0 Å². The molecular weight excluding hydrogens is 477 g/mol. The Labute approximate surface area is 203 Å². The average Bonchev–Trinajstić information content (AvgIpc) is 2.84. The van der Waals surface area contributed by atoms with E-state index in [1.165, 1.54) is 67.9 Å². The van der Waals surface area contributed by atoms with E-state index in [2.05, 4.69) is 15.8 Å². The Morgan fingerprint density at radius 2 is 1.89 bits per heavy atom. The van der Waals surface area contributed by atoms with Gasteiger partial charge in [-0.1, -0.05) is 18.2 Å². The number of hydrazone groups is 1. The largest absolute Gasteiger partial charge is 0.507 e. The van der Waals surface area contributed by atoms with E-state index in [9.17, 15) is 27.9 Å². The predicted molar refractivity (Wildman–Crippen MR) is 125 cm³/mol. The third kappa shape index (κ3) is 6.38. The first-order valence-corrected chi connectivity index (χ1v) is 10.3. The highest BCUT2D eigenvalue weighted by atomic mass is 19.4. The Morgan fingerprint density at radius 3 is 2.58 bits per heavy atom. The van der Waals surface area contributed by atoms with Gasteiger partial charge in [-0.15, -0.1) is 0 Å². The fraction of sp³-hybridized carbons (Fsp3) is 0.120. The van der Waals surface area contributed by atoms with Crippen LogP contribution in [-0.2, 0) is 17.4 Å². The van der Waals surface area contributed by atoms with Gasteiger partial charge >= 0.3 is 6.18 Å². The van der Waals surface area contributed by atoms with Crippen LogP contribution in [0.2, 0.25) is 0 Å². The second-order valence-corrected chi connectivity index (χ2v) is 7.38. The Kier molecular flexibility index (Phi) is 7.91. The van der Waals surface area contributed by atoms with E-state index in [4.69, 9.17) is 10.00 Å². The first-order chi connectivity index (χ1) is 17.1. The van der Waals surface area contributed by atoms with Crippen molar-refractivity contribution in [1.82, 2.24) is 5.43 Å². The number of amides is 2. The molecule has 2 amide bonds. The number of carbonyl (C=O) groups excluding carboxylic acids is 2. The lowest BCUT2D eigenvalue weighted by Gasteiger charge is -2.13. The van der Waals surface area contributed by atoms with Crippen molar-refractivity contribution in [2.75, 3.05) is 12.4 Å². The van der Waals surface area contributed by atoms with Crippen molar-refractivity contribution in [2.24, 2.45) is 5.10 Å². The molecule has 0 aliphatic carbocycles. The lowest BCUT2D eigenvalue weighted by molar-refractivity contribution is -0.138. The molecular formula is C25H19F3N4O4. The first-order valence-electron chi connectivity index (χ1n) is 10.3. The number of aromatic hydroxyl groups is 1. The van der Waals surface area contributed by atoms with Crippen molar-refractivity contribution < 1.29 is 32.6 Å². The summed E-state index contributed by atoms with van der Waals surface area (Å²) in [7, 11) is 1.37. The summed E-state index contributed by atoms with van der Waals surface area (Å²) in [4.78, 5) is 24.6. The Hall–Kier alpha value is -4.85. The van der Waals surface area contributed by atoms with Crippen molar-refractivity contribution in [3.63, 3.8) is 0 Å². The molecule has 8 nitrogen and oxygen atoms in total. The van der Waals surface area contributed by atoms with Gasteiger partial charge in [0.2, 0.25) is 5.91 Å². The molecule has 184 valence electrons. The van der Waals surface area contributed by atoms with Gasteiger partial charge in [0.1, 0.15) is 17.6 Å². The molecule has 3 aromatic carbocycles. The van der Waals surface area contributed by atoms with Crippen molar-refractivity contribution in [3.8, 4) is 17.6 Å². The molecule has 3 aromatic rings. The molecule has 11 heteroatoms. The van der Waals surface area contributed by atoms with E-state index in [1.807, 2.05) is 0 Å². The van der Waals surface area contributed by atoms with Crippen molar-refractivity contribution in [2.45, 2.75) is 12.6 Å². The molecule has 0 atom stereocenters. The minimum Gasteiger partial charge on any atom is -0.507 e. The molecule has 3 N–H and O–H groups in total. The summed E-state index contributed by atoms with van der Waals surface area (Å²) in [6.07, 6.45) is -3.76. The summed E-state index contributed by atoms with van der Waals surface area (Å²) in [5.41, 5.74) is 2.03. The van der Waals surface area contributed by atoms with Crippen LogP contribution in [0, 0.1) is 11.3 Å². The van der Waals surface area contributed by atoms with Gasteiger partial charge in [0, 0.05) is 22.9 Å². The number of nitrogens with zero attached hydrogens (tertiary/aromatic N) is 2. The zero-order chi connectivity index (χ0) is 26.3. The van der Waals surface area contributed by atoms with E-state index in [-0.39, 0.29) is 33.9 Å². The smallest absolute Gasteiger partial charge is 0.416 e. The molecule has 0 aliphatic heterocycles. The predicted octanol–water partition coefficient (Wildman–Crippen LogP) is 4.24. The van der Waals surface area contributed by atoms with Gasteiger partial charge in [0.15, 0.2) is 0 Å². The van der Waals surface area contributed by atoms with Crippen LogP contribution >= 0.6 is 0 Å². The van der Waals surface area contributed by atoms with E-state index >= 15 is 0 Å². The number of anilines is 1. The van der Waals surface area contributed by atoms with Gasteiger partial charge < -0.3 is 15.2 Å². The van der Waals surface area contributed by atoms with E-state index in [1.54, 1.807) is 6.07 Å². The van der Waals surface area contributed by atoms with Crippen LogP contribution in [0.15, 0.2) is 65.8 Å². The molecule has 0 unspecified atom stereocenters. The lowest BCUT2D eigenvalue weighted by Crippen LogP contribution is -2.18. The topological polar surface area (TPSA) is 124 Å². The van der Waals surface area contributed by atoms with Crippen LogP contribution in [0.5, 0.6) is 11.5 Å². The number of nitrogens with one attached hydrogen (secondary N) is 2. The molecule has 0 fully saturated rings. The van der Waals surface area contributed by atoms with Crippen LogP contribution in [0.1, 0.15) is 32.6 Å². The minimum absolute atomic E-state index is 0.0622. The Morgan fingerprint density at radius 1 is 1.14 bits per heavy atom. The fourth-order valence-electron chi connectivity index (χ4n) is 3.22. The monoisotopic (exact) mass is 496 g/mol. The van der Waals surface area contributed by atoms with Crippen LogP contribution < -0.4 is 15.5 Å². The average molecular weight is 496 g/mol. The van der Waals surface area contributed by atoms with E-state index in [0.717, 1.165) is 6.07 Å². The van der Waals surface area contributed by atoms with Crippen LogP contribution in [-0.4, -0.2) is 30.2 Å². The number of hydrogen-bond acceptors (Lipinski definition) is 6. The van der Waals surface area contributed by atoms with Crippen molar-refractivity contribution in [1.29, 1.82) is 5.26 Å². The van der Waals surface area contributed by atoms with E-state index in [0.29, 0.717) is 5.56 Å². The lowest BCUT2D eigenvalue weighted by atomic mass is 10.0. The number of phenols is 1. The molecule has 0 saturated carbocycles. The normalized spacial score (nSPS) is 11.1. The van der Waals surface area contributed by atoms with Gasteiger partial charge in [-0.3, -0.25) is 9.59 Å². The van der Waals surface area contributed by atoms with Crippen LogP contribution in [0.25, 0.3) is 0 Å². The van der Waals surface area contributed by atoms with Gasteiger partial charge in [-0.2, -0.15) is 23.5 Å². The molecule has 0 bridgehead atoms. The van der Waals surface area contributed by atoms with Crippen LogP contribution in [0.3, 0.4) is 0 Å². The summed E-state index contributed by atoms with van der Waals surface area (Å²) in [6.45, 7) is 0. The molecule has 0 aliphatic rings. The number of rotatable bonds is 7. The molecule has 0 spiro atoms. The number of nitriles is 1. The third-order valence-electron chi connectivity index (χ3n) is 4.94. The number of phenolic OH excluding ortho intramolecular Hbond substituents is 1. The highest BCUT2D eigenvalue weighted by Gasteiger charge is 2.33. The van der Waals surface area contributed by atoms with Crippen molar-refractivity contribution >= 4 is 23.7 Å². The second-order valence-electron chi connectivity index (χ2n) is 7.38. The Balaban J connectivity index is 1.67. The Bertz CT molecular complexity index is 1360. The zero-order valence-electron chi connectivity index (χ0n) is 18.8. The summed E-state index contributed by atoms with van der Waals surface area (Å²) in [5, 5.41) is 24.8. The van der Waals surface area contributed by atoms with Gasteiger partial charge in [0.25, 0.3) is 5.91 Å². The number of hydrogen-bond donors (Lipinski definition) is 3. The highest BCUT2D eigenvalue weighted by Crippen LogP contribution is 2.32. The van der Waals surface area contributed by atoms with E-state index < -0.39 is 30.0 Å². The van der Waals surface area contributed by atoms with Gasteiger partial charge in [-0.25, -0.2) is 5.43 Å². The summed E-state index contributed by atoms with van der Waals surface area (Å²) in [6, 6.07) is 14.9.